The number of aliphatic hydroxyl groups excluding tert-OH is 7. The van der Waals surface area contributed by atoms with Crippen LogP contribution in [0.5, 0.6) is 0 Å². The van der Waals surface area contributed by atoms with E-state index in [4.69, 9.17) is 9.47 Å². The Kier molecular flexibility index (Phi) is 49.5. The highest BCUT2D eigenvalue weighted by Crippen LogP contribution is 2.23. The van der Waals surface area contributed by atoms with Crippen molar-refractivity contribution in [2.75, 3.05) is 13.2 Å². The number of ether oxygens (including phenoxy) is 2. The number of allylic oxidation sites excluding steroid dienone is 6. The highest BCUT2D eigenvalue weighted by atomic mass is 16.7. The standard InChI is InChI=1S/C63H119NO10/c1-3-5-7-9-11-13-15-17-19-21-23-25-27-29-30-32-34-36-38-40-42-44-46-48-50-55(66)58(68)54(53-73-63-61(71)60(70)59(69)57(52-65)74-63)64-62(72)56(67)51-49-47-45-43-41-39-37-35-33-31-28-26-24-22-20-18-16-14-12-10-8-6-4-2/h27,29,34,36,42,44,54-61,63,65-71H,3-26,28,30-33,35,37-41,43,45-53H2,1-2H3,(H,64,72)/b29-27+,36-34+,44-42+. The first-order valence-corrected chi connectivity index (χ1v) is 31.4. The van der Waals surface area contributed by atoms with Crippen molar-refractivity contribution in [2.24, 2.45) is 0 Å². The molecule has 1 aliphatic heterocycles. The van der Waals surface area contributed by atoms with Crippen LogP contribution in [0.15, 0.2) is 36.5 Å². The summed E-state index contributed by atoms with van der Waals surface area (Å²) in [6.07, 6.45) is 53.5. The van der Waals surface area contributed by atoms with Gasteiger partial charge in [0.25, 0.3) is 0 Å². The normalized spacial score (nSPS) is 20.0. The minimum atomic E-state index is -1.67. The Balaban J connectivity index is 2.31. The molecule has 0 radical (unpaired) electrons. The van der Waals surface area contributed by atoms with Crippen LogP contribution < -0.4 is 5.32 Å². The molecule has 8 N–H and O–H groups in total. The number of hydrogen-bond acceptors (Lipinski definition) is 10. The Morgan fingerprint density at radius 2 is 0.811 bits per heavy atom. The van der Waals surface area contributed by atoms with Gasteiger partial charge in [0.15, 0.2) is 6.29 Å². The Labute approximate surface area is 454 Å². The molecule has 9 atom stereocenters. The molecule has 11 heteroatoms. The van der Waals surface area contributed by atoms with Gasteiger partial charge in [0.05, 0.1) is 25.4 Å². The Hall–Kier alpha value is -1.67. The number of nitrogens with one attached hydrogen (secondary N) is 1. The Morgan fingerprint density at radius 1 is 0.459 bits per heavy atom. The third kappa shape index (κ3) is 39.7. The topological polar surface area (TPSA) is 189 Å². The van der Waals surface area contributed by atoms with Gasteiger partial charge in [0, 0.05) is 0 Å². The molecule has 0 aliphatic carbocycles. The molecule has 0 aromatic rings. The molecule has 1 saturated heterocycles. The fourth-order valence-corrected chi connectivity index (χ4v) is 10.1. The molecule has 11 nitrogen and oxygen atoms in total. The highest BCUT2D eigenvalue weighted by Gasteiger charge is 2.44. The minimum absolute atomic E-state index is 0.243. The number of carbonyl (C=O) groups excluding carboxylic acids is 1. The van der Waals surface area contributed by atoms with E-state index >= 15 is 0 Å². The van der Waals surface area contributed by atoms with Crippen LogP contribution >= 0.6 is 0 Å². The van der Waals surface area contributed by atoms with Gasteiger partial charge in [0.1, 0.15) is 36.6 Å². The molecule has 1 heterocycles. The zero-order valence-corrected chi connectivity index (χ0v) is 47.8. The van der Waals surface area contributed by atoms with Gasteiger partial charge in [-0.2, -0.15) is 0 Å². The maximum Gasteiger partial charge on any atom is 0.249 e. The van der Waals surface area contributed by atoms with Crippen molar-refractivity contribution in [3.05, 3.63) is 36.5 Å². The van der Waals surface area contributed by atoms with Crippen LogP contribution in [-0.2, 0) is 14.3 Å². The summed E-state index contributed by atoms with van der Waals surface area (Å²) in [6.45, 7) is 3.47. The molecule has 0 aromatic carbocycles. The fraction of sp³-hybridized carbons (Fsp3) is 0.889. The lowest BCUT2D eigenvalue weighted by molar-refractivity contribution is -0.303. The monoisotopic (exact) mass is 1050 g/mol. The average molecular weight is 1050 g/mol. The van der Waals surface area contributed by atoms with Crippen LogP contribution in [0.2, 0.25) is 0 Å². The second-order valence-corrected chi connectivity index (χ2v) is 22.1. The summed E-state index contributed by atoms with van der Waals surface area (Å²) in [4.78, 5) is 13.2. The van der Waals surface area contributed by atoms with E-state index in [1.165, 1.54) is 199 Å². The van der Waals surface area contributed by atoms with Crippen molar-refractivity contribution >= 4 is 5.91 Å². The van der Waals surface area contributed by atoms with E-state index < -0.39 is 74.2 Å². The zero-order chi connectivity index (χ0) is 54.0. The van der Waals surface area contributed by atoms with Gasteiger partial charge in [-0.05, 0) is 64.2 Å². The predicted octanol–water partition coefficient (Wildman–Crippen LogP) is 13.9. The van der Waals surface area contributed by atoms with E-state index in [-0.39, 0.29) is 12.8 Å². The lowest BCUT2D eigenvalue weighted by Crippen LogP contribution is -2.60. The predicted molar refractivity (Wildman–Crippen MR) is 307 cm³/mol. The molecule has 0 aromatic heterocycles. The van der Waals surface area contributed by atoms with Gasteiger partial charge >= 0.3 is 0 Å². The molecule has 1 amide bonds. The van der Waals surface area contributed by atoms with Crippen LogP contribution in [0, 0.1) is 0 Å². The third-order valence-electron chi connectivity index (χ3n) is 15.2. The summed E-state index contributed by atoms with van der Waals surface area (Å²) in [7, 11) is 0. The number of aliphatic hydroxyl groups is 7. The quantitative estimate of drug-likeness (QED) is 0.0215. The molecule has 9 unspecified atom stereocenters. The SMILES string of the molecule is CCCCCCCCCCCCC/C=C/CC/C=C/CC/C=C/CCCC(O)C(O)C(COC1OC(CO)C(O)C(O)C1O)NC(=O)C(O)CCCCCCCCCCCCCCCCCCCCCCCCC. The first-order valence-electron chi connectivity index (χ1n) is 31.4. The molecule has 1 aliphatic rings. The fourth-order valence-electron chi connectivity index (χ4n) is 10.1. The van der Waals surface area contributed by atoms with Crippen LogP contribution in [0.1, 0.15) is 290 Å². The summed E-state index contributed by atoms with van der Waals surface area (Å²) in [6, 6.07) is -1.19. The van der Waals surface area contributed by atoms with Gasteiger partial charge in [-0.15, -0.1) is 0 Å². The minimum Gasteiger partial charge on any atom is -0.394 e. The van der Waals surface area contributed by atoms with Crippen molar-refractivity contribution in [3.63, 3.8) is 0 Å². The van der Waals surface area contributed by atoms with Crippen molar-refractivity contribution in [2.45, 2.75) is 345 Å². The van der Waals surface area contributed by atoms with Gasteiger partial charge < -0.3 is 50.5 Å². The second-order valence-electron chi connectivity index (χ2n) is 22.1. The first kappa shape index (κ1) is 70.3. The van der Waals surface area contributed by atoms with Crippen LogP contribution in [-0.4, -0.2) is 110 Å². The Morgan fingerprint density at radius 3 is 1.20 bits per heavy atom. The van der Waals surface area contributed by atoms with Crippen LogP contribution in [0.3, 0.4) is 0 Å². The van der Waals surface area contributed by atoms with Gasteiger partial charge in [-0.3, -0.25) is 4.79 Å². The van der Waals surface area contributed by atoms with E-state index in [1.807, 2.05) is 0 Å². The molecular formula is C63H119NO10. The summed E-state index contributed by atoms with van der Waals surface area (Å²) >= 11 is 0. The summed E-state index contributed by atoms with van der Waals surface area (Å²) in [5, 5.41) is 76.3. The van der Waals surface area contributed by atoms with Crippen molar-refractivity contribution in [1.29, 1.82) is 0 Å². The van der Waals surface area contributed by atoms with Gasteiger partial charge in [-0.1, -0.05) is 262 Å². The maximum atomic E-state index is 13.2. The van der Waals surface area contributed by atoms with Gasteiger partial charge in [0.2, 0.25) is 5.91 Å². The largest absolute Gasteiger partial charge is 0.394 e. The number of carbonyl (C=O) groups is 1. The number of rotatable bonds is 54. The van der Waals surface area contributed by atoms with Crippen molar-refractivity contribution < 1.29 is 50.0 Å². The van der Waals surface area contributed by atoms with Crippen LogP contribution in [0.4, 0.5) is 0 Å². The summed E-state index contributed by atoms with van der Waals surface area (Å²) in [5.41, 5.74) is 0. The van der Waals surface area contributed by atoms with E-state index in [1.54, 1.807) is 0 Å². The van der Waals surface area contributed by atoms with E-state index in [0.717, 1.165) is 44.9 Å². The smallest absolute Gasteiger partial charge is 0.249 e. The third-order valence-corrected chi connectivity index (χ3v) is 15.2. The van der Waals surface area contributed by atoms with Crippen molar-refractivity contribution in [1.82, 2.24) is 5.32 Å². The lowest BCUT2D eigenvalue weighted by atomic mass is 9.98. The molecule has 436 valence electrons. The lowest BCUT2D eigenvalue weighted by Gasteiger charge is -2.40. The molecule has 0 spiro atoms. The number of unbranched alkanes of at least 4 members (excludes halogenated alkanes) is 36. The molecule has 74 heavy (non-hydrogen) atoms. The van der Waals surface area contributed by atoms with E-state index in [9.17, 15) is 40.5 Å². The van der Waals surface area contributed by atoms with Crippen molar-refractivity contribution in [3.8, 4) is 0 Å². The van der Waals surface area contributed by atoms with Crippen LogP contribution in [0.25, 0.3) is 0 Å². The average Bonchev–Trinajstić information content (AvgIpc) is 3.40. The molecule has 0 bridgehead atoms. The maximum absolute atomic E-state index is 13.2. The molecule has 0 saturated carbocycles. The highest BCUT2D eigenvalue weighted by molar-refractivity contribution is 5.80. The zero-order valence-electron chi connectivity index (χ0n) is 47.8. The molecule has 1 rings (SSSR count). The Bertz CT molecular complexity index is 1300. The number of hydrogen-bond donors (Lipinski definition) is 8. The van der Waals surface area contributed by atoms with E-state index in [0.29, 0.717) is 19.3 Å². The first-order chi connectivity index (χ1) is 36.2. The number of amides is 1. The molecule has 1 fully saturated rings. The summed E-state index contributed by atoms with van der Waals surface area (Å²) in [5.74, 6) is -0.708. The summed E-state index contributed by atoms with van der Waals surface area (Å²) < 4.78 is 11.1. The van der Waals surface area contributed by atoms with Gasteiger partial charge in [-0.25, -0.2) is 0 Å². The van der Waals surface area contributed by atoms with E-state index in [2.05, 4.69) is 55.6 Å². The molecular weight excluding hydrogens is 931 g/mol. The second kappa shape index (κ2) is 52.1.